The predicted molar refractivity (Wildman–Crippen MR) is 123 cm³/mol. The number of morpholine rings is 1. The fourth-order valence-corrected chi connectivity index (χ4v) is 4.11. The van der Waals surface area contributed by atoms with E-state index in [2.05, 4.69) is 15.0 Å². The maximum Gasteiger partial charge on any atom is 0.263 e. The summed E-state index contributed by atoms with van der Waals surface area (Å²) in [5.74, 6) is 0.572. The van der Waals surface area contributed by atoms with Crippen LogP contribution < -0.4 is 10.5 Å². The van der Waals surface area contributed by atoms with Gasteiger partial charge in [0.15, 0.2) is 0 Å². The van der Waals surface area contributed by atoms with Crippen LogP contribution in [0.2, 0.25) is 5.02 Å². The van der Waals surface area contributed by atoms with Crippen LogP contribution in [0, 0.1) is 12.7 Å². The Labute approximate surface area is 193 Å². The zero-order chi connectivity index (χ0) is 23.1. The van der Waals surface area contributed by atoms with E-state index >= 15 is 0 Å². The standard InChI is InChI=1S/C23H20ClFN6O2/c1-13-28-18-8-20(31-5-6-33-19(11-31)14-9-26-12-27-10-14)29-22(21(18)23(32)30(13)2)16-4-3-15(24)7-17(16)25/h3-4,7-10,12,19H,5-6,11H2,1-2H3. The second-order valence-electron chi connectivity index (χ2n) is 7.85. The molecule has 1 aliphatic rings. The second kappa shape index (κ2) is 8.49. The number of hydrogen-bond donors (Lipinski definition) is 0. The van der Waals surface area contributed by atoms with Gasteiger partial charge in [-0.2, -0.15) is 0 Å². The van der Waals surface area contributed by atoms with Crippen LogP contribution in [-0.2, 0) is 11.8 Å². The van der Waals surface area contributed by atoms with Gasteiger partial charge in [0.05, 0.1) is 23.2 Å². The van der Waals surface area contributed by atoms with Crippen molar-refractivity contribution >= 4 is 28.3 Å². The summed E-state index contributed by atoms with van der Waals surface area (Å²) < 4.78 is 22.3. The molecule has 1 saturated heterocycles. The first kappa shape index (κ1) is 21.4. The Bertz CT molecular complexity index is 1410. The van der Waals surface area contributed by atoms with Crippen LogP contribution in [0.5, 0.6) is 0 Å². The Morgan fingerprint density at radius 2 is 1.97 bits per heavy atom. The van der Waals surface area contributed by atoms with Gasteiger partial charge in [-0.05, 0) is 25.1 Å². The monoisotopic (exact) mass is 466 g/mol. The van der Waals surface area contributed by atoms with Gasteiger partial charge in [0.1, 0.15) is 29.9 Å². The number of pyridine rings is 1. The lowest BCUT2D eigenvalue weighted by Gasteiger charge is -2.34. The molecule has 1 aliphatic heterocycles. The van der Waals surface area contributed by atoms with E-state index in [1.54, 1.807) is 38.5 Å². The molecule has 0 saturated carbocycles. The number of hydrogen-bond acceptors (Lipinski definition) is 7. The molecule has 1 unspecified atom stereocenters. The minimum absolute atomic E-state index is 0.190. The summed E-state index contributed by atoms with van der Waals surface area (Å²) in [4.78, 5) is 32.7. The number of ether oxygens (including phenoxy) is 1. The molecular formula is C23H20ClFN6O2. The summed E-state index contributed by atoms with van der Waals surface area (Å²) in [6, 6.07) is 6.09. The van der Waals surface area contributed by atoms with E-state index in [-0.39, 0.29) is 33.3 Å². The van der Waals surface area contributed by atoms with Gasteiger partial charge in [0.25, 0.3) is 5.56 Å². The third kappa shape index (κ3) is 3.94. The Hall–Kier alpha value is -3.43. The fraction of sp³-hybridized carbons (Fsp3) is 0.261. The number of anilines is 1. The zero-order valence-corrected chi connectivity index (χ0v) is 18.8. The number of benzene rings is 1. The third-order valence-electron chi connectivity index (χ3n) is 5.80. The molecule has 5 rings (SSSR count). The van der Waals surface area contributed by atoms with Crippen LogP contribution in [0.1, 0.15) is 17.5 Å². The fourth-order valence-electron chi connectivity index (χ4n) is 3.96. The third-order valence-corrected chi connectivity index (χ3v) is 6.04. The highest BCUT2D eigenvalue weighted by Crippen LogP contribution is 2.32. The van der Waals surface area contributed by atoms with E-state index in [1.165, 1.54) is 23.0 Å². The maximum absolute atomic E-state index is 14.9. The average Bonchev–Trinajstić information content (AvgIpc) is 2.82. The van der Waals surface area contributed by atoms with Crippen molar-refractivity contribution < 1.29 is 9.13 Å². The summed E-state index contributed by atoms with van der Waals surface area (Å²) in [5.41, 5.74) is 1.44. The quantitative estimate of drug-likeness (QED) is 0.457. The van der Waals surface area contributed by atoms with Crippen molar-refractivity contribution in [2.45, 2.75) is 13.0 Å². The first-order chi connectivity index (χ1) is 15.9. The number of nitrogens with zero attached hydrogens (tertiary/aromatic N) is 6. The van der Waals surface area contributed by atoms with Gasteiger partial charge in [0.2, 0.25) is 0 Å². The number of fused-ring (bicyclic) bond motifs is 1. The van der Waals surface area contributed by atoms with Gasteiger partial charge in [-0.25, -0.2) is 24.3 Å². The lowest BCUT2D eigenvalue weighted by Crippen LogP contribution is -2.39. The number of aryl methyl sites for hydroxylation is 1. The van der Waals surface area contributed by atoms with Gasteiger partial charge in [0, 0.05) is 54.7 Å². The molecule has 0 aliphatic carbocycles. The maximum atomic E-state index is 14.9. The molecule has 33 heavy (non-hydrogen) atoms. The molecular weight excluding hydrogens is 447 g/mol. The highest BCUT2D eigenvalue weighted by Gasteiger charge is 2.26. The lowest BCUT2D eigenvalue weighted by molar-refractivity contribution is 0.0391. The highest BCUT2D eigenvalue weighted by atomic mass is 35.5. The molecule has 4 heterocycles. The van der Waals surface area contributed by atoms with Gasteiger partial charge < -0.3 is 9.64 Å². The first-order valence-corrected chi connectivity index (χ1v) is 10.8. The van der Waals surface area contributed by atoms with E-state index in [0.29, 0.717) is 36.9 Å². The lowest BCUT2D eigenvalue weighted by atomic mass is 10.1. The van der Waals surface area contributed by atoms with E-state index in [0.717, 1.165) is 5.56 Å². The molecule has 8 nitrogen and oxygen atoms in total. The van der Waals surface area contributed by atoms with E-state index in [1.807, 2.05) is 4.90 Å². The Balaban J connectivity index is 1.67. The SMILES string of the molecule is Cc1nc2cc(N3CCOC(c4cncnc4)C3)nc(-c3ccc(Cl)cc3F)c2c(=O)n1C. The Morgan fingerprint density at radius 1 is 1.18 bits per heavy atom. The molecule has 1 fully saturated rings. The topological polar surface area (TPSA) is 86.0 Å². The van der Waals surface area contributed by atoms with Crippen LogP contribution in [0.4, 0.5) is 10.2 Å². The molecule has 1 atom stereocenters. The van der Waals surface area contributed by atoms with Gasteiger partial charge in [-0.3, -0.25) is 9.36 Å². The van der Waals surface area contributed by atoms with Crippen molar-refractivity contribution in [3.8, 4) is 11.3 Å². The largest absolute Gasteiger partial charge is 0.370 e. The smallest absolute Gasteiger partial charge is 0.263 e. The molecule has 4 aromatic rings. The molecule has 0 N–H and O–H groups in total. The van der Waals surface area contributed by atoms with Crippen molar-refractivity contribution in [3.63, 3.8) is 0 Å². The van der Waals surface area contributed by atoms with Crippen molar-refractivity contribution in [2.24, 2.45) is 7.05 Å². The van der Waals surface area contributed by atoms with Crippen LogP contribution in [0.25, 0.3) is 22.2 Å². The van der Waals surface area contributed by atoms with Crippen molar-refractivity contribution in [1.82, 2.24) is 24.5 Å². The van der Waals surface area contributed by atoms with E-state index < -0.39 is 5.82 Å². The molecule has 3 aromatic heterocycles. The molecule has 1 aromatic carbocycles. The number of rotatable bonds is 3. The molecule has 10 heteroatoms. The summed E-state index contributed by atoms with van der Waals surface area (Å²) in [6.45, 7) is 3.30. The van der Waals surface area contributed by atoms with E-state index in [9.17, 15) is 9.18 Å². The van der Waals surface area contributed by atoms with Crippen LogP contribution in [-0.4, -0.2) is 44.2 Å². The second-order valence-corrected chi connectivity index (χ2v) is 8.28. The van der Waals surface area contributed by atoms with E-state index in [4.69, 9.17) is 21.3 Å². The highest BCUT2D eigenvalue weighted by molar-refractivity contribution is 6.30. The van der Waals surface area contributed by atoms with Crippen molar-refractivity contribution in [1.29, 1.82) is 0 Å². The first-order valence-electron chi connectivity index (χ1n) is 10.4. The van der Waals surface area contributed by atoms with Gasteiger partial charge in [-0.15, -0.1) is 0 Å². The minimum atomic E-state index is -0.558. The van der Waals surface area contributed by atoms with Gasteiger partial charge in [-0.1, -0.05) is 11.6 Å². The summed E-state index contributed by atoms with van der Waals surface area (Å²) >= 11 is 5.96. The predicted octanol–water partition coefficient (Wildman–Crippen LogP) is 3.46. The molecule has 0 amide bonds. The minimum Gasteiger partial charge on any atom is -0.370 e. The molecule has 168 valence electrons. The number of halogens is 2. The molecule has 0 spiro atoms. The van der Waals surface area contributed by atoms with Crippen LogP contribution in [0.15, 0.2) is 47.8 Å². The molecule has 0 bridgehead atoms. The van der Waals surface area contributed by atoms with Crippen LogP contribution in [0.3, 0.4) is 0 Å². The zero-order valence-electron chi connectivity index (χ0n) is 18.0. The average molecular weight is 467 g/mol. The van der Waals surface area contributed by atoms with Crippen molar-refractivity contribution in [3.05, 3.63) is 75.6 Å². The Morgan fingerprint density at radius 3 is 2.73 bits per heavy atom. The van der Waals surface area contributed by atoms with Crippen molar-refractivity contribution in [2.75, 3.05) is 24.6 Å². The summed E-state index contributed by atoms with van der Waals surface area (Å²) in [6.07, 6.45) is 4.67. The number of aromatic nitrogens is 5. The summed E-state index contributed by atoms with van der Waals surface area (Å²) in [7, 11) is 1.63. The Kier molecular flexibility index (Phi) is 5.51. The summed E-state index contributed by atoms with van der Waals surface area (Å²) in [5, 5.41) is 0.522. The normalized spacial score (nSPS) is 16.4. The van der Waals surface area contributed by atoms with Crippen LogP contribution >= 0.6 is 11.6 Å². The molecule has 0 radical (unpaired) electrons. The van der Waals surface area contributed by atoms with Gasteiger partial charge >= 0.3 is 0 Å².